The Morgan fingerprint density at radius 2 is 2.13 bits per heavy atom. The summed E-state index contributed by atoms with van der Waals surface area (Å²) in [5.41, 5.74) is 0. The predicted octanol–water partition coefficient (Wildman–Crippen LogP) is 2.23. The average Bonchev–Trinajstić information content (AvgIpc) is 2.19. The molecule has 1 aliphatic carbocycles. The van der Waals surface area contributed by atoms with Crippen molar-refractivity contribution in [2.45, 2.75) is 45.3 Å². The molecule has 0 aliphatic heterocycles. The Morgan fingerprint density at radius 3 is 2.53 bits per heavy atom. The zero-order chi connectivity index (χ0) is 11.4. The third-order valence-electron chi connectivity index (χ3n) is 3.42. The van der Waals surface area contributed by atoms with Gasteiger partial charge in [-0.05, 0) is 31.1 Å². The minimum absolute atomic E-state index is 0.215. The maximum atomic E-state index is 10.0. The molecule has 1 N–H and O–H groups in total. The molecule has 0 heterocycles. The van der Waals surface area contributed by atoms with E-state index in [1.165, 1.54) is 0 Å². The molecule has 1 fully saturated rings. The largest absolute Gasteiger partial charge is 0.393 e. The molecule has 0 radical (unpaired) electrons. The summed E-state index contributed by atoms with van der Waals surface area (Å²) in [5, 5.41) is 15.7. The molecule has 0 aromatic rings. The minimum Gasteiger partial charge on any atom is -0.393 e. The number of nitrogens with zero attached hydrogens (tertiary/aromatic N) is 2. The lowest BCUT2D eigenvalue weighted by Gasteiger charge is -2.38. The first kappa shape index (κ1) is 12.2. The highest BCUT2D eigenvalue weighted by molar-refractivity contribution is 5.23. The molecule has 0 bridgehead atoms. The van der Waals surface area contributed by atoms with Gasteiger partial charge in [0.25, 0.3) is 0 Å². The number of aliphatic hydroxyl groups is 1. The van der Waals surface area contributed by atoms with Crippen LogP contribution < -0.4 is 0 Å². The van der Waals surface area contributed by atoms with Crippen molar-refractivity contribution in [3.63, 3.8) is 0 Å². The molecular weight excluding hydrogens is 188 g/mol. The number of aliphatic hydroxyl groups excluding tert-OH is 1. The van der Waals surface area contributed by atoms with Crippen LogP contribution in [-0.4, -0.2) is 29.0 Å². The molecular formula is C12H22N2O. The monoisotopic (exact) mass is 210 g/mol. The van der Waals surface area contributed by atoms with Crippen molar-refractivity contribution < 1.29 is 5.11 Å². The molecule has 0 aromatic carbocycles. The van der Waals surface area contributed by atoms with Crippen molar-refractivity contribution in [2.24, 2.45) is 16.9 Å². The molecule has 86 valence electrons. The van der Waals surface area contributed by atoms with Crippen LogP contribution in [0.3, 0.4) is 0 Å². The second-order valence-corrected chi connectivity index (χ2v) is 4.65. The Hall–Kier alpha value is -0.830. The van der Waals surface area contributed by atoms with Crippen LogP contribution in [0, 0.1) is 11.8 Å². The summed E-state index contributed by atoms with van der Waals surface area (Å²) in [5.74, 6) is 0.979. The number of hydrogen-bond acceptors (Lipinski definition) is 3. The van der Waals surface area contributed by atoms with E-state index < -0.39 is 0 Å². The van der Waals surface area contributed by atoms with Crippen molar-refractivity contribution in [3.8, 4) is 0 Å². The minimum atomic E-state index is -0.215. The lowest BCUT2D eigenvalue weighted by atomic mass is 9.77. The number of hydrazone groups is 1. The van der Waals surface area contributed by atoms with Gasteiger partial charge in [0.2, 0.25) is 0 Å². The van der Waals surface area contributed by atoms with Crippen molar-refractivity contribution in [2.75, 3.05) is 0 Å². The lowest BCUT2D eigenvalue weighted by molar-refractivity contribution is 0.0130. The first-order valence-electron chi connectivity index (χ1n) is 5.65. The Bertz CT molecular complexity index is 220. The van der Waals surface area contributed by atoms with E-state index in [0.717, 1.165) is 19.3 Å². The molecule has 15 heavy (non-hydrogen) atoms. The third-order valence-corrected chi connectivity index (χ3v) is 3.42. The summed E-state index contributed by atoms with van der Waals surface area (Å²) in [4.78, 5) is 0. The van der Waals surface area contributed by atoms with Gasteiger partial charge >= 0.3 is 0 Å². The maximum absolute atomic E-state index is 10.0. The number of hydrogen-bond donors (Lipinski definition) is 1. The fourth-order valence-corrected chi connectivity index (χ4v) is 2.49. The summed E-state index contributed by atoms with van der Waals surface area (Å²) in [7, 11) is 0. The van der Waals surface area contributed by atoms with E-state index in [-0.39, 0.29) is 12.1 Å². The van der Waals surface area contributed by atoms with Gasteiger partial charge < -0.3 is 5.11 Å². The first-order chi connectivity index (χ1) is 7.10. The molecule has 3 unspecified atom stereocenters. The second kappa shape index (κ2) is 5.31. The summed E-state index contributed by atoms with van der Waals surface area (Å²) in [6.07, 6.45) is 4.36. The highest BCUT2D eigenvalue weighted by atomic mass is 16.3. The highest BCUT2D eigenvalue weighted by Crippen LogP contribution is 2.32. The fourth-order valence-electron chi connectivity index (χ4n) is 2.49. The van der Waals surface area contributed by atoms with E-state index in [1.54, 1.807) is 11.2 Å². The summed E-state index contributed by atoms with van der Waals surface area (Å²) in [6.45, 7) is 11.5. The number of rotatable bonds is 4. The van der Waals surface area contributed by atoms with Gasteiger partial charge in [-0.1, -0.05) is 20.4 Å². The van der Waals surface area contributed by atoms with Crippen molar-refractivity contribution in [1.29, 1.82) is 0 Å². The van der Waals surface area contributed by atoms with Crippen LogP contribution in [0.4, 0.5) is 0 Å². The quantitative estimate of drug-likeness (QED) is 0.570. The van der Waals surface area contributed by atoms with Crippen LogP contribution in [-0.2, 0) is 0 Å². The summed E-state index contributed by atoms with van der Waals surface area (Å²) in [6, 6.07) is 0.269. The van der Waals surface area contributed by atoms with Gasteiger partial charge in [0.15, 0.2) is 0 Å². The van der Waals surface area contributed by atoms with E-state index in [2.05, 4.69) is 32.2 Å². The zero-order valence-electron chi connectivity index (χ0n) is 9.76. The highest BCUT2D eigenvalue weighted by Gasteiger charge is 2.32. The Labute approximate surface area is 92.5 Å². The van der Waals surface area contributed by atoms with Crippen molar-refractivity contribution in [3.05, 3.63) is 12.8 Å². The molecule has 1 aliphatic rings. The topological polar surface area (TPSA) is 35.8 Å². The normalized spacial score (nSPS) is 31.3. The van der Waals surface area contributed by atoms with Crippen molar-refractivity contribution >= 4 is 6.72 Å². The smallest absolute Gasteiger partial charge is 0.0591 e. The fraction of sp³-hybridized carbons (Fsp3) is 0.750. The Kier molecular flexibility index (Phi) is 4.33. The molecule has 1 saturated carbocycles. The van der Waals surface area contributed by atoms with Crippen LogP contribution in [0.25, 0.3) is 0 Å². The van der Waals surface area contributed by atoms with E-state index in [1.807, 2.05) is 0 Å². The summed E-state index contributed by atoms with van der Waals surface area (Å²) < 4.78 is 0. The predicted molar refractivity (Wildman–Crippen MR) is 63.6 cm³/mol. The Balaban J connectivity index is 2.57. The third kappa shape index (κ3) is 2.81. The molecule has 1 rings (SSSR count). The van der Waals surface area contributed by atoms with Gasteiger partial charge in [-0.3, -0.25) is 5.01 Å². The standard InChI is InChI=1S/C12H22N2O/c1-5-14(13-4)10-6-7-11(9(2)3)12(15)8-10/h5,9-12,15H,1,4,6-8H2,2-3H3. The van der Waals surface area contributed by atoms with Crippen LogP contribution in [0.1, 0.15) is 33.1 Å². The van der Waals surface area contributed by atoms with Gasteiger partial charge in [0.05, 0.1) is 12.1 Å². The molecule has 0 aromatic heterocycles. The van der Waals surface area contributed by atoms with Gasteiger partial charge in [0, 0.05) is 12.9 Å². The molecule has 0 saturated heterocycles. The van der Waals surface area contributed by atoms with E-state index in [4.69, 9.17) is 0 Å². The van der Waals surface area contributed by atoms with Crippen LogP contribution >= 0.6 is 0 Å². The molecule has 0 spiro atoms. The van der Waals surface area contributed by atoms with Crippen LogP contribution in [0.5, 0.6) is 0 Å². The van der Waals surface area contributed by atoms with Crippen molar-refractivity contribution in [1.82, 2.24) is 5.01 Å². The molecule has 3 heteroatoms. The summed E-state index contributed by atoms with van der Waals surface area (Å²) >= 11 is 0. The average molecular weight is 210 g/mol. The Morgan fingerprint density at radius 1 is 1.47 bits per heavy atom. The SMILES string of the molecule is C=CN(N=C)C1CCC(C(C)C)C(O)C1. The lowest BCUT2D eigenvalue weighted by Crippen LogP contribution is -2.40. The van der Waals surface area contributed by atoms with Gasteiger partial charge in [-0.25, -0.2) is 0 Å². The van der Waals surface area contributed by atoms with Crippen LogP contribution in [0.2, 0.25) is 0 Å². The van der Waals surface area contributed by atoms with E-state index in [0.29, 0.717) is 11.8 Å². The zero-order valence-corrected chi connectivity index (χ0v) is 9.76. The van der Waals surface area contributed by atoms with E-state index in [9.17, 15) is 5.11 Å². The molecule has 3 atom stereocenters. The van der Waals surface area contributed by atoms with Gasteiger partial charge in [-0.15, -0.1) is 0 Å². The van der Waals surface area contributed by atoms with Gasteiger partial charge in [-0.2, -0.15) is 5.10 Å². The van der Waals surface area contributed by atoms with E-state index >= 15 is 0 Å². The maximum Gasteiger partial charge on any atom is 0.0591 e. The van der Waals surface area contributed by atoms with Gasteiger partial charge in [0.1, 0.15) is 0 Å². The first-order valence-corrected chi connectivity index (χ1v) is 5.65. The molecule has 3 nitrogen and oxygen atoms in total. The second-order valence-electron chi connectivity index (χ2n) is 4.65. The van der Waals surface area contributed by atoms with Crippen LogP contribution in [0.15, 0.2) is 17.9 Å². The molecule has 0 amide bonds.